The van der Waals surface area contributed by atoms with Crippen LogP contribution in [0.25, 0.3) is 6.08 Å². The quantitative estimate of drug-likeness (QED) is 0.365. The topological polar surface area (TPSA) is 107 Å². The van der Waals surface area contributed by atoms with Crippen LogP contribution in [0.1, 0.15) is 31.7 Å². The van der Waals surface area contributed by atoms with Gasteiger partial charge < -0.3 is 20.1 Å². The van der Waals surface area contributed by atoms with E-state index in [0.29, 0.717) is 30.5 Å². The highest BCUT2D eigenvalue weighted by Gasteiger charge is 2.55. The van der Waals surface area contributed by atoms with Crippen molar-refractivity contribution in [2.24, 2.45) is 17.8 Å². The Kier molecular flexibility index (Phi) is 8.04. The van der Waals surface area contributed by atoms with E-state index in [1.54, 1.807) is 43.5 Å². The first-order valence-electron chi connectivity index (χ1n) is 12.2. The number of methoxy groups -OCH3 is 1. The molecule has 2 aromatic carbocycles. The Hall–Kier alpha value is -3.26. The van der Waals surface area contributed by atoms with Gasteiger partial charge in [-0.25, -0.2) is 0 Å². The van der Waals surface area contributed by atoms with Crippen LogP contribution < -0.4 is 4.90 Å². The van der Waals surface area contributed by atoms with Gasteiger partial charge in [-0.2, -0.15) is 0 Å². The van der Waals surface area contributed by atoms with Crippen molar-refractivity contribution < 1.29 is 29.6 Å². The second kappa shape index (κ2) is 11.2. The smallest absolute Gasteiger partial charge is 0.238 e. The summed E-state index contributed by atoms with van der Waals surface area (Å²) in [4.78, 5) is 28.0. The second-order valence-corrected chi connectivity index (χ2v) is 9.60. The number of ether oxygens (including phenoxy) is 1. The first kappa shape index (κ1) is 25.8. The molecule has 2 aliphatic rings. The predicted molar refractivity (Wildman–Crippen MR) is 137 cm³/mol. The zero-order valence-corrected chi connectivity index (χ0v) is 20.6. The molecule has 3 N–H and O–H groups in total. The molecule has 1 aliphatic heterocycles. The van der Waals surface area contributed by atoms with Gasteiger partial charge in [0.1, 0.15) is 5.75 Å². The van der Waals surface area contributed by atoms with Crippen LogP contribution in [0.15, 0.2) is 71.3 Å². The molecule has 1 heterocycles. The molecule has 0 aromatic heterocycles. The Morgan fingerprint density at radius 2 is 1.81 bits per heavy atom. The van der Waals surface area contributed by atoms with Crippen molar-refractivity contribution in [1.82, 2.24) is 0 Å². The summed E-state index contributed by atoms with van der Waals surface area (Å²) in [6.45, 7) is 1.85. The molecule has 7 heteroatoms. The van der Waals surface area contributed by atoms with Crippen molar-refractivity contribution in [2.75, 3.05) is 25.2 Å². The molecule has 2 aromatic rings. The molecule has 0 radical (unpaired) electrons. The van der Waals surface area contributed by atoms with Gasteiger partial charge >= 0.3 is 0 Å². The third-order valence-electron chi connectivity index (χ3n) is 7.19. The Morgan fingerprint density at radius 3 is 2.44 bits per heavy atom. The summed E-state index contributed by atoms with van der Waals surface area (Å²) in [5, 5.41) is 31.2. The molecule has 1 fully saturated rings. The van der Waals surface area contributed by atoms with Gasteiger partial charge in [0, 0.05) is 13.0 Å². The number of para-hydroxylation sites is 1. The summed E-state index contributed by atoms with van der Waals surface area (Å²) < 4.78 is 5.40. The Bertz CT molecular complexity index is 1150. The van der Waals surface area contributed by atoms with Gasteiger partial charge in [0.05, 0.1) is 36.8 Å². The number of aliphatic hydroxyl groups excluding tert-OH is 2. The van der Waals surface area contributed by atoms with E-state index in [2.05, 4.69) is 0 Å². The summed E-state index contributed by atoms with van der Waals surface area (Å²) in [6.07, 6.45) is 2.43. The molecule has 1 aliphatic carbocycles. The molecular weight excluding hydrogens is 458 g/mol. The Labute approximate surface area is 211 Å². The number of carbonyl (C=O) groups is 2. The number of nitrogens with zero attached hydrogens (tertiary/aromatic N) is 1. The molecular formula is C29H33NO6. The summed E-state index contributed by atoms with van der Waals surface area (Å²) in [6, 6.07) is 15.7. The molecule has 190 valence electrons. The lowest BCUT2D eigenvalue weighted by Gasteiger charge is -2.36. The molecule has 0 unspecified atom stereocenters. The lowest BCUT2D eigenvalue weighted by Crippen LogP contribution is -2.39. The fraction of sp³-hybridized carbons (Fsp3) is 0.379. The normalized spacial score (nSPS) is 23.3. The van der Waals surface area contributed by atoms with E-state index in [9.17, 15) is 24.9 Å². The van der Waals surface area contributed by atoms with Gasteiger partial charge in [0.15, 0.2) is 0 Å². The minimum atomic E-state index is -0.884. The minimum Gasteiger partial charge on any atom is -0.508 e. The second-order valence-electron chi connectivity index (χ2n) is 9.60. The molecule has 4 rings (SSSR count). The van der Waals surface area contributed by atoms with Gasteiger partial charge in [0.2, 0.25) is 11.8 Å². The van der Waals surface area contributed by atoms with E-state index in [4.69, 9.17) is 4.74 Å². The zero-order chi connectivity index (χ0) is 25.8. The van der Waals surface area contributed by atoms with Crippen LogP contribution in [-0.2, 0) is 14.3 Å². The molecule has 0 bridgehead atoms. The number of allylic oxidation sites excluding steroid dienone is 1. The van der Waals surface area contributed by atoms with E-state index in [0.717, 1.165) is 16.7 Å². The van der Waals surface area contributed by atoms with E-state index in [1.165, 1.54) is 4.90 Å². The van der Waals surface area contributed by atoms with Crippen molar-refractivity contribution in [3.8, 4) is 5.75 Å². The lowest BCUT2D eigenvalue weighted by molar-refractivity contribution is -0.123. The number of rotatable bonds is 9. The molecule has 7 nitrogen and oxygen atoms in total. The maximum atomic E-state index is 13.5. The first-order chi connectivity index (χ1) is 17.3. The third kappa shape index (κ3) is 5.14. The maximum absolute atomic E-state index is 13.5. The number of hydrogen-bond acceptors (Lipinski definition) is 6. The SMILES string of the molecule is COCC1=C([C@H](O)CC/C(C)=C/c2ccc(O)cc2)[C@H](CO)[C@@H]2C(=O)N(c3ccccc3)C(=O)[C@@H]2C1. The fourth-order valence-corrected chi connectivity index (χ4v) is 5.54. The summed E-state index contributed by atoms with van der Waals surface area (Å²) in [5.41, 5.74) is 3.91. The standard InChI is InChI=1S/C29H33NO6/c1-18(14-19-9-11-22(32)12-10-19)8-13-25(33)26-20(17-36-2)15-23-27(24(26)16-31)29(35)30(28(23)34)21-6-4-3-5-7-21/h3-7,9-12,14,23-25,27,31-33H,8,13,15-17H2,1-2H3/b18-14+/t23-,24+,25-,27-/m1/s1. The highest BCUT2D eigenvalue weighted by atomic mass is 16.5. The van der Waals surface area contributed by atoms with Crippen LogP contribution in [0.4, 0.5) is 5.69 Å². The number of carbonyl (C=O) groups excluding carboxylic acids is 2. The van der Waals surface area contributed by atoms with Crippen LogP contribution in [0.3, 0.4) is 0 Å². The highest BCUT2D eigenvalue weighted by molar-refractivity contribution is 6.22. The zero-order valence-electron chi connectivity index (χ0n) is 20.6. The van der Waals surface area contributed by atoms with Gasteiger partial charge in [-0.1, -0.05) is 42.0 Å². The van der Waals surface area contributed by atoms with Gasteiger partial charge in [-0.15, -0.1) is 0 Å². The molecule has 4 atom stereocenters. The maximum Gasteiger partial charge on any atom is 0.238 e. The van der Waals surface area contributed by atoms with E-state index < -0.39 is 23.9 Å². The highest BCUT2D eigenvalue weighted by Crippen LogP contribution is 2.47. The van der Waals surface area contributed by atoms with Gasteiger partial charge in [0.25, 0.3) is 0 Å². The number of amides is 2. The number of anilines is 1. The molecule has 0 saturated carbocycles. The van der Waals surface area contributed by atoms with Crippen LogP contribution in [0.5, 0.6) is 5.75 Å². The molecule has 0 spiro atoms. The first-order valence-corrected chi connectivity index (χ1v) is 12.2. The number of fused-ring (bicyclic) bond motifs is 1. The Balaban J connectivity index is 1.57. The Morgan fingerprint density at radius 1 is 1.11 bits per heavy atom. The average Bonchev–Trinajstić information content (AvgIpc) is 3.13. The molecule has 1 saturated heterocycles. The van der Waals surface area contributed by atoms with Crippen molar-refractivity contribution >= 4 is 23.6 Å². The van der Waals surface area contributed by atoms with Crippen molar-refractivity contribution in [1.29, 1.82) is 0 Å². The monoisotopic (exact) mass is 491 g/mol. The van der Waals surface area contributed by atoms with Gasteiger partial charge in [-0.05, 0) is 67.2 Å². The number of hydrogen-bond donors (Lipinski definition) is 3. The van der Waals surface area contributed by atoms with Crippen LogP contribution in [0, 0.1) is 17.8 Å². The van der Waals surface area contributed by atoms with Crippen molar-refractivity contribution in [3.05, 3.63) is 76.9 Å². The summed E-state index contributed by atoms with van der Waals surface area (Å²) in [5.74, 6) is -2.37. The van der Waals surface area contributed by atoms with E-state index in [1.807, 2.05) is 31.2 Å². The van der Waals surface area contributed by atoms with Gasteiger partial charge in [-0.3, -0.25) is 14.5 Å². The fourth-order valence-electron chi connectivity index (χ4n) is 5.54. The van der Waals surface area contributed by atoms with E-state index >= 15 is 0 Å². The largest absolute Gasteiger partial charge is 0.508 e. The van der Waals surface area contributed by atoms with Crippen molar-refractivity contribution in [2.45, 2.75) is 32.3 Å². The third-order valence-corrected chi connectivity index (χ3v) is 7.19. The summed E-state index contributed by atoms with van der Waals surface area (Å²) in [7, 11) is 1.56. The molecule has 36 heavy (non-hydrogen) atoms. The average molecular weight is 492 g/mol. The molecule has 2 amide bonds. The minimum absolute atomic E-state index is 0.203. The summed E-state index contributed by atoms with van der Waals surface area (Å²) >= 11 is 0. The lowest BCUT2D eigenvalue weighted by atomic mass is 9.68. The number of aromatic hydroxyl groups is 1. The van der Waals surface area contributed by atoms with E-state index in [-0.39, 0.29) is 30.8 Å². The number of benzene rings is 2. The number of phenols is 1. The number of imide groups is 1. The predicted octanol–water partition coefficient (Wildman–Crippen LogP) is 3.70. The van der Waals surface area contributed by atoms with Crippen LogP contribution in [-0.4, -0.2) is 53.6 Å². The van der Waals surface area contributed by atoms with Crippen LogP contribution >= 0.6 is 0 Å². The number of aliphatic hydroxyl groups is 2. The van der Waals surface area contributed by atoms with Crippen molar-refractivity contribution in [3.63, 3.8) is 0 Å². The van der Waals surface area contributed by atoms with Crippen LogP contribution in [0.2, 0.25) is 0 Å². The number of phenolic OH excluding ortho intramolecular Hbond substituents is 1.